The van der Waals surface area contributed by atoms with Gasteiger partial charge >= 0.3 is 5.69 Å². The van der Waals surface area contributed by atoms with Crippen LogP contribution in [-0.4, -0.2) is 78.0 Å². The lowest BCUT2D eigenvalue weighted by atomic mass is 9.84. The molecule has 1 atom stereocenters. The third-order valence-electron chi connectivity index (χ3n) is 11.7. The molecule has 13 nitrogen and oxygen atoms in total. The van der Waals surface area contributed by atoms with Crippen molar-refractivity contribution in [1.29, 1.82) is 0 Å². The molecule has 3 aliphatic rings. The van der Waals surface area contributed by atoms with Gasteiger partial charge in [0.05, 0.1) is 28.5 Å². The minimum Gasteiger partial charge on any atom is -0.382 e. The van der Waals surface area contributed by atoms with Crippen molar-refractivity contribution < 1.29 is 18.8 Å². The second kappa shape index (κ2) is 15.0. The minimum absolute atomic E-state index is 0.0883. The van der Waals surface area contributed by atoms with Crippen molar-refractivity contribution in [2.24, 2.45) is 13.0 Å². The Kier molecular flexibility index (Phi) is 10.0. The second-order valence-electron chi connectivity index (χ2n) is 15.8. The Morgan fingerprint density at radius 3 is 2.51 bits per heavy atom. The SMILES string of the molecule is CC(C)Nc1cc(-n2ccc3cc(F)cnc32)ncc1C(=O)NC1CCC(CN2CCC(c3cccc4c3n(C)c(=O)n4C3CCC(=O)NC3=O)CC2)CC1. The van der Waals surface area contributed by atoms with Crippen molar-refractivity contribution in [2.45, 2.75) is 89.3 Å². The summed E-state index contributed by atoms with van der Waals surface area (Å²) < 4.78 is 18.8. The van der Waals surface area contributed by atoms with Crippen LogP contribution in [0.3, 0.4) is 0 Å². The summed E-state index contributed by atoms with van der Waals surface area (Å²) in [6, 6.07) is 10.6. The summed E-state index contributed by atoms with van der Waals surface area (Å²) in [6.45, 7) is 7.02. The molecule has 1 saturated carbocycles. The second-order valence-corrected chi connectivity index (χ2v) is 15.8. The highest BCUT2D eigenvalue weighted by Gasteiger charge is 2.33. The number of pyridine rings is 2. The van der Waals surface area contributed by atoms with Crippen LogP contribution in [0.2, 0.25) is 0 Å². The summed E-state index contributed by atoms with van der Waals surface area (Å²) in [5, 5.41) is 9.76. The third-order valence-corrected chi connectivity index (χ3v) is 11.7. The van der Waals surface area contributed by atoms with Gasteiger partial charge in [0, 0.05) is 55.9 Å². The van der Waals surface area contributed by atoms with E-state index in [1.807, 2.05) is 32.0 Å². The molecular formula is C41H48FN9O4. The molecule has 8 rings (SSSR count). The van der Waals surface area contributed by atoms with Gasteiger partial charge in [-0.1, -0.05) is 12.1 Å². The first-order chi connectivity index (χ1) is 26.5. The Labute approximate surface area is 318 Å². The minimum atomic E-state index is -0.693. The van der Waals surface area contributed by atoms with Gasteiger partial charge in [0.15, 0.2) is 0 Å². The first-order valence-corrected chi connectivity index (χ1v) is 19.5. The quantitative estimate of drug-likeness (QED) is 0.175. The topological polar surface area (TPSA) is 148 Å². The fraction of sp³-hybridized carbons (Fsp3) is 0.463. The van der Waals surface area contributed by atoms with E-state index in [4.69, 9.17) is 0 Å². The van der Waals surface area contributed by atoms with E-state index in [1.54, 1.807) is 39.2 Å². The number of nitrogens with zero attached hydrogens (tertiary/aromatic N) is 6. The molecule has 0 radical (unpaired) electrons. The molecule has 1 unspecified atom stereocenters. The van der Waals surface area contributed by atoms with Crippen molar-refractivity contribution in [3.63, 3.8) is 0 Å². The van der Waals surface area contributed by atoms with Crippen molar-refractivity contribution in [3.05, 3.63) is 82.4 Å². The lowest BCUT2D eigenvalue weighted by Gasteiger charge is -2.37. The number of likely N-dealkylation sites (tertiary alicyclic amines) is 1. The van der Waals surface area contributed by atoms with Crippen molar-refractivity contribution in [1.82, 2.24) is 39.2 Å². The predicted molar refractivity (Wildman–Crippen MR) is 208 cm³/mol. The molecule has 4 aromatic heterocycles. The van der Waals surface area contributed by atoms with Crippen LogP contribution in [0.1, 0.15) is 93.1 Å². The van der Waals surface area contributed by atoms with E-state index in [9.17, 15) is 23.6 Å². The van der Waals surface area contributed by atoms with Gasteiger partial charge in [0.1, 0.15) is 23.3 Å². The van der Waals surface area contributed by atoms with E-state index in [2.05, 4.69) is 36.9 Å². The van der Waals surface area contributed by atoms with E-state index < -0.39 is 17.8 Å². The van der Waals surface area contributed by atoms with Crippen molar-refractivity contribution in [3.8, 4) is 5.82 Å². The zero-order chi connectivity index (χ0) is 38.4. The highest BCUT2D eigenvalue weighted by Crippen LogP contribution is 2.35. The van der Waals surface area contributed by atoms with Crippen LogP contribution in [0.5, 0.6) is 0 Å². The van der Waals surface area contributed by atoms with Gasteiger partial charge in [-0.25, -0.2) is 19.2 Å². The molecule has 1 aliphatic carbocycles. The fourth-order valence-corrected chi connectivity index (χ4v) is 8.94. The number of amides is 3. The number of benzene rings is 1. The van der Waals surface area contributed by atoms with Gasteiger partial charge in [-0.05, 0) is 107 Å². The first-order valence-electron chi connectivity index (χ1n) is 19.5. The Balaban J connectivity index is 0.865. The number of halogens is 1. The molecule has 55 heavy (non-hydrogen) atoms. The first kappa shape index (κ1) is 36.6. The number of nitrogens with one attached hydrogen (secondary N) is 3. The van der Waals surface area contributed by atoms with Gasteiger partial charge < -0.3 is 15.5 Å². The maximum atomic E-state index is 13.7. The smallest absolute Gasteiger partial charge is 0.329 e. The van der Waals surface area contributed by atoms with Crippen LogP contribution in [-0.2, 0) is 16.6 Å². The molecule has 6 heterocycles. The standard InChI is InChI=1S/C41H48FN9O4/c1-24(2)45-32-20-35(50-18-15-27-19-28(42)21-44-38(27)50)43-22-31(32)39(53)46-29-9-7-25(8-10-29)23-49-16-13-26(14-17-49)30-5-4-6-33-37(30)48(3)41(55)51(33)34-11-12-36(52)47-40(34)54/h4-6,15,18-22,24-26,29,34H,7-14,16-17,23H2,1-3H3,(H,43,45)(H,46,53)(H,47,52,54). The van der Waals surface area contributed by atoms with Crippen molar-refractivity contribution in [2.75, 3.05) is 25.0 Å². The van der Waals surface area contributed by atoms with Crippen molar-refractivity contribution >= 4 is 45.5 Å². The lowest BCUT2D eigenvalue weighted by molar-refractivity contribution is -0.135. The van der Waals surface area contributed by atoms with Crippen LogP contribution in [0, 0.1) is 11.7 Å². The Morgan fingerprint density at radius 1 is 0.982 bits per heavy atom. The maximum Gasteiger partial charge on any atom is 0.329 e. The van der Waals surface area contributed by atoms with Gasteiger partial charge in [-0.3, -0.25) is 33.4 Å². The molecule has 2 aliphatic heterocycles. The summed E-state index contributed by atoms with van der Waals surface area (Å²) in [6.07, 6.45) is 11.0. The van der Waals surface area contributed by atoms with E-state index in [0.29, 0.717) is 46.4 Å². The van der Waals surface area contributed by atoms with Crippen LogP contribution < -0.4 is 21.6 Å². The number of aromatic nitrogens is 5. The number of carbonyl (C=O) groups excluding carboxylic acids is 3. The third kappa shape index (κ3) is 7.27. The number of imide groups is 1. The molecule has 3 amide bonds. The number of aryl methyl sites for hydroxylation is 1. The molecule has 5 aromatic rings. The molecule has 0 spiro atoms. The molecule has 2 saturated heterocycles. The number of hydrogen-bond acceptors (Lipinski definition) is 8. The Bertz CT molecular complexity index is 2330. The molecular weight excluding hydrogens is 702 g/mol. The zero-order valence-electron chi connectivity index (χ0n) is 31.6. The normalized spacial score (nSPS) is 21.4. The number of rotatable bonds is 9. The molecule has 288 valence electrons. The summed E-state index contributed by atoms with van der Waals surface area (Å²) in [5.41, 5.74) is 4.29. The number of hydrogen-bond donors (Lipinski definition) is 3. The predicted octanol–water partition coefficient (Wildman–Crippen LogP) is 5.18. The number of imidazole rings is 1. The largest absolute Gasteiger partial charge is 0.382 e. The molecule has 3 fully saturated rings. The van der Waals surface area contributed by atoms with Crippen LogP contribution in [0.4, 0.5) is 10.1 Å². The Hall–Kier alpha value is -5.37. The van der Waals surface area contributed by atoms with Gasteiger partial charge in [-0.2, -0.15) is 0 Å². The van der Waals surface area contributed by atoms with Gasteiger partial charge in [-0.15, -0.1) is 0 Å². The summed E-state index contributed by atoms with van der Waals surface area (Å²) in [4.78, 5) is 63.0. The van der Waals surface area contributed by atoms with E-state index >= 15 is 0 Å². The molecule has 3 N–H and O–H groups in total. The molecule has 14 heteroatoms. The average molecular weight is 750 g/mol. The lowest BCUT2D eigenvalue weighted by Crippen LogP contribution is -2.44. The summed E-state index contributed by atoms with van der Waals surface area (Å²) in [7, 11) is 1.77. The number of fused-ring (bicyclic) bond motifs is 2. The van der Waals surface area contributed by atoms with E-state index in [0.717, 1.165) is 74.8 Å². The van der Waals surface area contributed by atoms with Crippen LogP contribution >= 0.6 is 0 Å². The highest BCUT2D eigenvalue weighted by atomic mass is 19.1. The monoisotopic (exact) mass is 749 g/mol. The van der Waals surface area contributed by atoms with Crippen LogP contribution in [0.15, 0.2) is 59.8 Å². The molecule has 1 aromatic carbocycles. The Morgan fingerprint density at radius 2 is 1.76 bits per heavy atom. The zero-order valence-corrected chi connectivity index (χ0v) is 31.6. The van der Waals surface area contributed by atoms with E-state index in [-0.39, 0.29) is 36.0 Å². The number of para-hydroxylation sites is 1. The summed E-state index contributed by atoms with van der Waals surface area (Å²) in [5.74, 6) is 0.193. The fourth-order valence-electron chi connectivity index (χ4n) is 8.94. The maximum absolute atomic E-state index is 13.7. The number of carbonyl (C=O) groups is 3. The van der Waals surface area contributed by atoms with Crippen LogP contribution in [0.25, 0.3) is 27.9 Å². The molecule has 0 bridgehead atoms. The average Bonchev–Trinajstić information content (AvgIpc) is 3.70. The van der Waals surface area contributed by atoms with Gasteiger partial charge in [0.2, 0.25) is 11.8 Å². The summed E-state index contributed by atoms with van der Waals surface area (Å²) >= 11 is 0. The number of piperidine rings is 2. The number of anilines is 1. The highest BCUT2D eigenvalue weighted by molar-refractivity contribution is 6.00. The van der Waals surface area contributed by atoms with Gasteiger partial charge in [0.25, 0.3) is 5.91 Å². The van der Waals surface area contributed by atoms with E-state index in [1.165, 1.54) is 12.3 Å².